The maximum absolute atomic E-state index is 13.0. The van der Waals surface area contributed by atoms with Crippen LogP contribution in [0, 0.1) is 17.2 Å². The standard InChI is InChI=1S/C16H22BrFO/c1-11(10-16(2,3)4)7-14(19)8-12-5-6-13(18)9-15(12)17/h5-6,9,11H,7-8,10H2,1-4H3. The molecule has 0 heterocycles. The number of carbonyl (C=O) groups excluding carboxylic acids is 1. The van der Waals surface area contributed by atoms with Gasteiger partial charge in [-0.05, 0) is 35.4 Å². The Hall–Kier alpha value is -0.700. The summed E-state index contributed by atoms with van der Waals surface area (Å²) in [5.41, 5.74) is 1.10. The zero-order valence-corrected chi connectivity index (χ0v) is 13.7. The first-order valence-electron chi connectivity index (χ1n) is 6.63. The molecule has 106 valence electrons. The van der Waals surface area contributed by atoms with E-state index >= 15 is 0 Å². The van der Waals surface area contributed by atoms with Crippen LogP contribution in [0.25, 0.3) is 0 Å². The topological polar surface area (TPSA) is 17.1 Å². The van der Waals surface area contributed by atoms with Crippen molar-refractivity contribution in [3.63, 3.8) is 0 Å². The number of halogens is 2. The first-order valence-corrected chi connectivity index (χ1v) is 7.42. The lowest BCUT2D eigenvalue weighted by Gasteiger charge is -2.22. The monoisotopic (exact) mass is 328 g/mol. The van der Waals surface area contributed by atoms with Crippen molar-refractivity contribution in [1.82, 2.24) is 0 Å². The van der Waals surface area contributed by atoms with Gasteiger partial charge in [-0.15, -0.1) is 0 Å². The number of carbonyl (C=O) groups is 1. The molecule has 1 aromatic rings. The Morgan fingerprint density at radius 2 is 2.00 bits per heavy atom. The van der Waals surface area contributed by atoms with E-state index in [0.717, 1.165) is 12.0 Å². The van der Waals surface area contributed by atoms with Gasteiger partial charge >= 0.3 is 0 Å². The quantitative estimate of drug-likeness (QED) is 0.729. The van der Waals surface area contributed by atoms with Crippen molar-refractivity contribution < 1.29 is 9.18 Å². The predicted octanol–water partition coefficient (Wildman–Crippen LogP) is 5.16. The molecule has 1 nitrogen and oxygen atoms in total. The Bertz CT molecular complexity index is 449. The van der Waals surface area contributed by atoms with Crippen molar-refractivity contribution in [2.45, 2.75) is 47.0 Å². The normalized spacial score (nSPS) is 13.4. The summed E-state index contributed by atoms with van der Waals surface area (Å²) in [4.78, 5) is 12.0. The van der Waals surface area contributed by atoms with Crippen molar-refractivity contribution in [3.05, 3.63) is 34.1 Å². The second-order valence-corrected chi connectivity index (χ2v) is 7.38. The van der Waals surface area contributed by atoms with Crippen molar-refractivity contribution in [3.8, 4) is 0 Å². The van der Waals surface area contributed by atoms with E-state index < -0.39 is 0 Å². The molecule has 0 aliphatic heterocycles. The van der Waals surface area contributed by atoms with Gasteiger partial charge in [0.25, 0.3) is 0 Å². The molecule has 3 heteroatoms. The molecular formula is C16H22BrFO. The van der Waals surface area contributed by atoms with E-state index in [0.29, 0.717) is 23.2 Å². The highest BCUT2D eigenvalue weighted by molar-refractivity contribution is 9.10. The minimum atomic E-state index is -0.288. The molecule has 0 radical (unpaired) electrons. The molecule has 1 unspecified atom stereocenters. The number of benzene rings is 1. The minimum absolute atomic E-state index is 0.212. The average Bonchev–Trinajstić information content (AvgIpc) is 2.19. The van der Waals surface area contributed by atoms with Crippen molar-refractivity contribution in [2.24, 2.45) is 11.3 Å². The summed E-state index contributed by atoms with van der Waals surface area (Å²) < 4.78 is 13.6. The molecule has 1 rings (SSSR count). The molecule has 0 aliphatic carbocycles. The van der Waals surface area contributed by atoms with Gasteiger partial charge in [0.2, 0.25) is 0 Å². The minimum Gasteiger partial charge on any atom is -0.299 e. The van der Waals surface area contributed by atoms with Crippen LogP contribution in [0.2, 0.25) is 0 Å². The van der Waals surface area contributed by atoms with Crippen LogP contribution in [-0.4, -0.2) is 5.78 Å². The van der Waals surface area contributed by atoms with E-state index in [1.807, 2.05) is 0 Å². The van der Waals surface area contributed by atoms with Gasteiger partial charge in [0.05, 0.1) is 0 Å². The van der Waals surface area contributed by atoms with E-state index in [2.05, 4.69) is 43.6 Å². The molecule has 0 spiro atoms. The fraction of sp³-hybridized carbons (Fsp3) is 0.562. The van der Waals surface area contributed by atoms with Crippen molar-refractivity contribution >= 4 is 21.7 Å². The molecule has 19 heavy (non-hydrogen) atoms. The summed E-state index contributed by atoms with van der Waals surface area (Å²) in [5, 5.41) is 0. The van der Waals surface area contributed by atoms with Crippen LogP contribution >= 0.6 is 15.9 Å². The smallest absolute Gasteiger partial charge is 0.137 e. The number of ketones is 1. The molecule has 0 amide bonds. The van der Waals surface area contributed by atoms with Crippen LogP contribution in [0.1, 0.15) is 46.1 Å². The van der Waals surface area contributed by atoms with E-state index in [1.165, 1.54) is 12.1 Å². The third-order valence-electron chi connectivity index (χ3n) is 2.94. The Labute approximate surface area is 123 Å². The second-order valence-electron chi connectivity index (χ2n) is 6.53. The molecule has 0 fully saturated rings. The summed E-state index contributed by atoms with van der Waals surface area (Å²) >= 11 is 3.30. The van der Waals surface area contributed by atoms with Crippen LogP contribution in [0.5, 0.6) is 0 Å². The number of Topliss-reactive ketones (excluding diaryl/α,β-unsaturated/α-hetero) is 1. The molecule has 1 aromatic carbocycles. The van der Waals surface area contributed by atoms with Crippen LogP contribution in [0.4, 0.5) is 4.39 Å². The van der Waals surface area contributed by atoms with Crippen LogP contribution in [0.3, 0.4) is 0 Å². The molecule has 0 saturated heterocycles. The van der Waals surface area contributed by atoms with E-state index in [1.54, 1.807) is 6.07 Å². The lowest BCUT2D eigenvalue weighted by Crippen LogP contribution is -2.15. The average molecular weight is 329 g/mol. The zero-order valence-electron chi connectivity index (χ0n) is 12.1. The molecule has 0 saturated carbocycles. The van der Waals surface area contributed by atoms with Gasteiger partial charge in [0.15, 0.2) is 0 Å². The lowest BCUT2D eigenvalue weighted by molar-refractivity contribution is -0.119. The number of hydrogen-bond acceptors (Lipinski definition) is 1. The molecule has 1 atom stereocenters. The Kier molecular flexibility index (Phi) is 5.72. The third-order valence-corrected chi connectivity index (χ3v) is 3.68. The third kappa shape index (κ3) is 6.33. The molecular weight excluding hydrogens is 307 g/mol. The summed E-state index contributed by atoms with van der Waals surface area (Å²) in [6, 6.07) is 4.47. The Balaban J connectivity index is 2.56. The van der Waals surface area contributed by atoms with Crippen molar-refractivity contribution in [1.29, 1.82) is 0 Å². The van der Waals surface area contributed by atoms with E-state index in [9.17, 15) is 9.18 Å². The summed E-state index contributed by atoms with van der Waals surface area (Å²) in [6.07, 6.45) is 1.99. The highest BCUT2D eigenvalue weighted by Crippen LogP contribution is 2.27. The fourth-order valence-corrected chi connectivity index (χ4v) is 2.95. The molecule has 0 N–H and O–H groups in total. The Morgan fingerprint density at radius 3 is 2.53 bits per heavy atom. The summed E-state index contributed by atoms with van der Waals surface area (Å²) in [5.74, 6) is 0.306. The highest BCUT2D eigenvalue weighted by atomic mass is 79.9. The van der Waals surface area contributed by atoms with Gasteiger partial charge in [0, 0.05) is 17.3 Å². The van der Waals surface area contributed by atoms with Gasteiger partial charge in [-0.3, -0.25) is 4.79 Å². The highest BCUT2D eigenvalue weighted by Gasteiger charge is 2.18. The fourth-order valence-electron chi connectivity index (χ4n) is 2.46. The van der Waals surface area contributed by atoms with Crippen LogP contribution < -0.4 is 0 Å². The first-order chi connectivity index (χ1) is 8.67. The van der Waals surface area contributed by atoms with E-state index in [-0.39, 0.29) is 17.0 Å². The first kappa shape index (κ1) is 16.4. The summed E-state index contributed by atoms with van der Waals surface area (Å²) in [7, 11) is 0. The van der Waals surface area contributed by atoms with Crippen LogP contribution in [-0.2, 0) is 11.2 Å². The molecule has 0 bridgehead atoms. The predicted molar refractivity (Wildman–Crippen MR) is 80.7 cm³/mol. The SMILES string of the molecule is CC(CC(=O)Cc1ccc(F)cc1Br)CC(C)(C)C. The lowest BCUT2D eigenvalue weighted by atomic mass is 9.83. The second kappa shape index (κ2) is 6.65. The van der Waals surface area contributed by atoms with Gasteiger partial charge < -0.3 is 0 Å². The van der Waals surface area contributed by atoms with Gasteiger partial charge in [-0.1, -0.05) is 49.7 Å². The largest absolute Gasteiger partial charge is 0.299 e. The number of hydrogen-bond donors (Lipinski definition) is 0. The molecule has 0 aliphatic rings. The van der Waals surface area contributed by atoms with Gasteiger partial charge in [-0.2, -0.15) is 0 Å². The van der Waals surface area contributed by atoms with Crippen LogP contribution in [0.15, 0.2) is 22.7 Å². The molecule has 0 aromatic heterocycles. The zero-order chi connectivity index (χ0) is 14.6. The Morgan fingerprint density at radius 1 is 1.37 bits per heavy atom. The van der Waals surface area contributed by atoms with E-state index in [4.69, 9.17) is 0 Å². The summed E-state index contributed by atoms with van der Waals surface area (Å²) in [6.45, 7) is 8.67. The van der Waals surface area contributed by atoms with Gasteiger partial charge in [0.1, 0.15) is 11.6 Å². The maximum Gasteiger partial charge on any atom is 0.137 e. The number of rotatable bonds is 5. The van der Waals surface area contributed by atoms with Crippen molar-refractivity contribution in [2.75, 3.05) is 0 Å². The maximum atomic E-state index is 13.0. The van der Waals surface area contributed by atoms with Gasteiger partial charge in [-0.25, -0.2) is 4.39 Å².